The van der Waals surface area contributed by atoms with Gasteiger partial charge in [0.25, 0.3) is 0 Å². The van der Waals surface area contributed by atoms with E-state index < -0.39 is 14.0 Å². The smallest absolute Gasteiger partial charge is 0.358 e. The van der Waals surface area contributed by atoms with E-state index in [4.69, 9.17) is 14.2 Å². The topological polar surface area (TPSA) is 80.4 Å². The summed E-state index contributed by atoms with van der Waals surface area (Å²) in [6.07, 6.45) is 4.36. The van der Waals surface area contributed by atoms with Gasteiger partial charge in [-0.15, -0.1) is 0 Å². The molecule has 5 rings (SSSR count). The fourth-order valence-electron chi connectivity index (χ4n) is 4.10. The Morgan fingerprint density at radius 2 is 1.92 bits per heavy atom. The van der Waals surface area contributed by atoms with Crippen LogP contribution in [0, 0.1) is 0 Å². The van der Waals surface area contributed by atoms with Gasteiger partial charge >= 0.3 is 5.97 Å². The molecule has 1 aliphatic carbocycles. The van der Waals surface area contributed by atoms with E-state index in [9.17, 15) is 4.79 Å². The molecule has 194 valence electrons. The van der Waals surface area contributed by atoms with Crippen LogP contribution in [0.2, 0.25) is 25.7 Å². The predicted molar refractivity (Wildman–Crippen MR) is 146 cm³/mol. The standard InChI is InChI=1S/C28H34N4O4Si/c1-34-28(33)25-16-27(21-6-5-7-24(15-21)36-23-10-11-23)31(30-25)18-20-8-9-22-17-29-32(26(22)14-20)19-35-12-13-37(2,3)4/h5-9,14-17,23H,10-13,18-19H2,1-4H3. The van der Waals surface area contributed by atoms with Crippen LogP contribution in [-0.4, -0.2) is 53.4 Å². The van der Waals surface area contributed by atoms with E-state index in [1.165, 1.54) is 7.11 Å². The van der Waals surface area contributed by atoms with Gasteiger partial charge in [0, 0.05) is 25.6 Å². The van der Waals surface area contributed by atoms with Crippen molar-refractivity contribution in [2.75, 3.05) is 13.7 Å². The summed E-state index contributed by atoms with van der Waals surface area (Å²) < 4.78 is 20.6. The number of carbonyl (C=O) groups is 1. The first kappa shape index (κ1) is 25.2. The van der Waals surface area contributed by atoms with E-state index in [0.29, 0.717) is 19.4 Å². The highest BCUT2D eigenvalue weighted by atomic mass is 28.3. The molecule has 0 aliphatic heterocycles. The summed E-state index contributed by atoms with van der Waals surface area (Å²) >= 11 is 0. The van der Waals surface area contributed by atoms with Crippen LogP contribution in [0.15, 0.2) is 54.7 Å². The van der Waals surface area contributed by atoms with Gasteiger partial charge < -0.3 is 14.2 Å². The van der Waals surface area contributed by atoms with Gasteiger partial charge in [-0.1, -0.05) is 43.9 Å². The van der Waals surface area contributed by atoms with E-state index in [2.05, 4.69) is 48.0 Å². The maximum atomic E-state index is 12.3. The van der Waals surface area contributed by atoms with Crippen molar-refractivity contribution in [3.8, 4) is 17.0 Å². The number of aromatic nitrogens is 4. The van der Waals surface area contributed by atoms with Crippen LogP contribution in [-0.2, 0) is 22.7 Å². The Bertz CT molecular complexity index is 1400. The highest BCUT2D eigenvalue weighted by Crippen LogP contribution is 2.31. The number of hydrogen-bond donors (Lipinski definition) is 0. The summed E-state index contributed by atoms with van der Waals surface area (Å²) in [6.45, 7) is 8.68. The van der Waals surface area contributed by atoms with Crippen molar-refractivity contribution < 1.29 is 19.0 Å². The summed E-state index contributed by atoms with van der Waals surface area (Å²) in [5.74, 6) is 0.362. The van der Waals surface area contributed by atoms with Crippen molar-refractivity contribution in [3.05, 3.63) is 66.0 Å². The van der Waals surface area contributed by atoms with Crippen LogP contribution in [0.3, 0.4) is 0 Å². The van der Waals surface area contributed by atoms with Gasteiger partial charge in [-0.05, 0) is 48.7 Å². The van der Waals surface area contributed by atoms with Crippen molar-refractivity contribution in [1.82, 2.24) is 19.6 Å². The zero-order valence-corrected chi connectivity index (χ0v) is 22.9. The van der Waals surface area contributed by atoms with E-state index in [1.807, 2.05) is 39.8 Å². The zero-order valence-electron chi connectivity index (χ0n) is 21.9. The normalized spacial score (nSPS) is 13.7. The van der Waals surface area contributed by atoms with Gasteiger partial charge in [-0.2, -0.15) is 10.2 Å². The fraction of sp³-hybridized carbons (Fsp3) is 0.393. The van der Waals surface area contributed by atoms with Crippen LogP contribution in [0.25, 0.3) is 22.2 Å². The highest BCUT2D eigenvalue weighted by molar-refractivity contribution is 6.76. The third-order valence-electron chi connectivity index (χ3n) is 6.38. The molecule has 2 heterocycles. The number of methoxy groups -OCH3 is 1. The Labute approximate surface area is 218 Å². The molecule has 1 saturated carbocycles. The second-order valence-corrected chi connectivity index (χ2v) is 16.4. The summed E-state index contributed by atoms with van der Waals surface area (Å²) in [5.41, 5.74) is 4.08. The SMILES string of the molecule is COC(=O)c1cc(-c2cccc(OC3CC3)c2)n(Cc2ccc3cnn(COCC[Si](C)(C)C)c3c2)n1. The molecule has 0 amide bonds. The minimum atomic E-state index is -1.14. The quantitative estimate of drug-likeness (QED) is 0.146. The third-order valence-corrected chi connectivity index (χ3v) is 8.09. The molecular formula is C28H34N4O4Si. The van der Waals surface area contributed by atoms with Crippen molar-refractivity contribution in [2.24, 2.45) is 0 Å². The summed E-state index contributed by atoms with van der Waals surface area (Å²) in [4.78, 5) is 12.3. The van der Waals surface area contributed by atoms with Gasteiger partial charge in [0.15, 0.2) is 5.69 Å². The van der Waals surface area contributed by atoms with Crippen LogP contribution in [0.1, 0.15) is 28.9 Å². The minimum absolute atomic E-state index is 0.271. The highest BCUT2D eigenvalue weighted by Gasteiger charge is 2.24. The number of rotatable bonds is 11. The van der Waals surface area contributed by atoms with E-state index in [0.717, 1.165) is 59.0 Å². The third kappa shape index (κ3) is 6.29. The number of benzene rings is 2. The Kier molecular flexibility index (Phi) is 7.17. The maximum Gasteiger partial charge on any atom is 0.358 e. The average molecular weight is 519 g/mol. The molecule has 2 aromatic carbocycles. The lowest BCUT2D eigenvalue weighted by Crippen LogP contribution is -2.22. The second-order valence-electron chi connectivity index (χ2n) is 10.8. The Hall–Kier alpha value is -3.43. The lowest BCUT2D eigenvalue weighted by atomic mass is 10.1. The Morgan fingerprint density at radius 3 is 2.68 bits per heavy atom. The number of esters is 1. The molecule has 0 bridgehead atoms. The molecule has 0 N–H and O–H groups in total. The zero-order chi connectivity index (χ0) is 26.0. The van der Waals surface area contributed by atoms with Crippen LogP contribution >= 0.6 is 0 Å². The molecule has 8 nitrogen and oxygen atoms in total. The maximum absolute atomic E-state index is 12.3. The molecule has 1 aliphatic rings. The second kappa shape index (κ2) is 10.5. The van der Waals surface area contributed by atoms with Crippen molar-refractivity contribution in [2.45, 2.75) is 57.9 Å². The largest absolute Gasteiger partial charge is 0.490 e. The summed E-state index contributed by atoms with van der Waals surface area (Å²) in [7, 11) is 0.225. The fourth-order valence-corrected chi connectivity index (χ4v) is 4.86. The molecule has 2 aromatic heterocycles. The number of carbonyl (C=O) groups excluding carboxylic acids is 1. The van der Waals surface area contributed by atoms with Crippen LogP contribution < -0.4 is 4.74 Å². The van der Waals surface area contributed by atoms with Crippen LogP contribution in [0.4, 0.5) is 0 Å². The molecule has 0 saturated heterocycles. The van der Waals surface area contributed by atoms with Crippen molar-refractivity contribution >= 4 is 24.9 Å². The first-order chi connectivity index (χ1) is 17.8. The number of nitrogens with zero attached hydrogens (tertiary/aromatic N) is 4. The number of fused-ring (bicyclic) bond motifs is 1. The average Bonchev–Trinajstić information content (AvgIpc) is 3.44. The molecule has 0 atom stereocenters. The molecule has 0 radical (unpaired) electrons. The summed E-state index contributed by atoms with van der Waals surface area (Å²) in [6, 6.07) is 17.1. The predicted octanol–water partition coefficient (Wildman–Crippen LogP) is 5.59. The van der Waals surface area contributed by atoms with Crippen molar-refractivity contribution in [3.63, 3.8) is 0 Å². The molecule has 9 heteroatoms. The Morgan fingerprint density at radius 1 is 1.08 bits per heavy atom. The minimum Gasteiger partial charge on any atom is -0.490 e. The van der Waals surface area contributed by atoms with Crippen LogP contribution in [0.5, 0.6) is 5.75 Å². The van der Waals surface area contributed by atoms with E-state index in [1.54, 1.807) is 6.07 Å². The molecule has 1 fully saturated rings. The number of ether oxygens (including phenoxy) is 3. The van der Waals surface area contributed by atoms with Gasteiger partial charge in [-0.3, -0.25) is 4.68 Å². The van der Waals surface area contributed by atoms with Gasteiger partial charge in [0.2, 0.25) is 0 Å². The molecule has 0 spiro atoms. The van der Waals surface area contributed by atoms with Gasteiger partial charge in [0.1, 0.15) is 12.5 Å². The van der Waals surface area contributed by atoms with Gasteiger partial charge in [-0.25, -0.2) is 9.48 Å². The first-order valence-corrected chi connectivity index (χ1v) is 16.5. The molecular weight excluding hydrogens is 484 g/mol. The van der Waals surface area contributed by atoms with E-state index >= 15 is 0 Å². The van der Waals surface area contributed by atoms with Gasteiger partial charge in [0.05, 0.1) is 37.2 Å². The van der Waals surface area contributed by atoms with E-state index in [-0.39, 0.29) is 5.69 Å². The first-order valence-electron chi connectivity index (χ1n) is 12.7. The molecule has 37 heavy (non-hydrogen) atoms. The molecule has 4 aromatic rings. The van der Waals surface area contributed by atoms with Crippen molar-refractivity contribution in [1.29, 1.82) is 0 Å². The lowest BCUT2D eigenvalue weighted by molar-refractivity contribution is 0.0593. The molecule has 0 unspecified atom stereocenters. The lowest BCUT2D eigenvalue weighted by Gasteiger charge is -2.15. The Balaban J connectivity index is 1.40. The summed E-state index contributed by atoms with van der Waals surface area (Å²) in [5, 5.41) is 10.2. The monoisotopic (exact) mass is 518 g/mol. The number of hydrogen-bond acceptors (Lipinski definition) is 6.